The quantitative estimate of drug-likeness (QED) is 0.352. The summed E-state index contributed by atoms with van der Waals surface area (Å²) in [5, 5.41) is 8.81. The van der Waals surface area contributed by atoms with Gasteiger partial charge in [0, 0.05) is 13.1 Å². The van der Waals surface area contributed by atoms with Crippen molar-refractivity contribution in [3.8, 4) is 0 Å². The third-order valence-corrected chi connectivity index (χ3v) is 10.5. The highest BCUT2D eigenvalue weighted by Gasteiger charge is 2.48. The lowest BCUT2D eigenvalue weighted by Crippen LogP contribution is -2.40. The summed E-state index contributed by atoms with van der Waals surface area (Å²) < 4.78 is 91.3. The number of halogens is 3. The second-order valence-corrected chi connectivity index (χ2v) is 13.2. The summed E-state index contributed by atoms with van der Waals surface area (Å²) in [6.45, 7) is 6.97. The van der Waals surface area contributed by atoms with Crippen LogP contribution in [0.2, 0.25) is 0 Å². The van der Waals surface area contributed by atoms with E-state index >= 15 is 0 Å². The molecule has 4 aromatic rings. The first-order valence-electron chi connectivity index (χ1n) is 10.4. The molecule has 0 amide bonds. The van der Waals surface area contributed by atoms with Crippen LogP contribution in [0.15, 0.2) is 51.5 Å². The Hall–Kier alpha value is -2.53. The van der Waals surface area contributed by atoms with Crippen molar-refractivity contribution in [1.29, 1.82) is 0 Å². The number of rotatable bonds is 6. The number of benzene rings is 2. The maximum Gasteiger partial charge on any atom is 0.512 e. The number of sulfonamides is 2. The van der Waals surface area contributed by atoms with Gasteiger partial charge in [0.1, 0.15) is 0 Å². The van der Waals surface area contributed by atoms with Gasteiger partial charge in [-0.15, -0.1) is 10.2 Å². The molecule has 2 aromatic carbocycles. The average molecular weight is 580 g/mol. The van der Waals surface area contributed by atoms with Crippen LogP contribution in [0.5, 0.6) is 0 Å². The fourth-order valence-corrected chi connectivity index (χ4v) is 8.23. The number of thiazole rings is 2. The van der Waals surface area contributed by atoms with Gasteiger partial charge in [-0.25, -0.2) is 16.8 Å². The minimum Gasteiger partial charge on any atom is -0.315 e. The van der Waals surface area contributed by atoms with Gasteiger partial charge in [0.05, 0.1) is 25.3 Å². The number of hydrogen-bond acceptors (Lipinski definition) is 8. The summed E-state index contributed by atoms with van der Waals surface area (Å²) in [4.78, 5) is 0.483. The van der Waals surface area contributed by atoms with E-state index in [9.17, 15) is 30.0 Å². The molecule has 16 heteroatoms. The van der Waals surface area contributed by atoms with E-state index in [2.05, 4.69) is 16.3 Å². The van der Waals surface area contributed by atoms with Gasteiger partial charge >= 0.3 is 15.5 Å². The van der Waals surface area contributed by atoms with Crippen LogP contribution in [0.1, 0.15) is 19.4 Å². The minimum absolute atomic E-state index is 0.383. The number of nitrogens with zero attached hydrogens (tertiary/aromatic N) is 4. The highest BCUT2D eigenvalue weighted by molar-refractivity contribution is 8.05. The molecule has 0 saturated carbocycles. The van der Waals surface area contributed by atoms with E-state index in [1.807, 2.05) is 37.5 Å². The van der Waals surface area contributed by atoms with Gasteiger partial charge in [-0.1, -0.05) is 32.9 Å². The largest absolute Gasteiger partial charge is 0.512 e. The topological polar surface area (TPSA) is 115 Å². The molecular formula is C20H20F3N5O4S4. The number of aryl methyl sites for hydroxylation is 3. The van der Waals surface area contributed by atoms with Gasteiger partial charge in [0.15, 0.2) is 0 Å². The third kappa shape index (κ3) is 4.87. The summed E-state index contributed by atoms with van der Waals surface area (Å²) in [6.07, 6.45) is 0. The maximum atomic E-state index is 12.7. The van der Waals surface area contributed by atoms with Gasteiger partial charge < -0.3 is 9.13 Å². The monoisotopic (exact) mass is 579 g/mol. The van der Waals surface area contributed by atoms with Crippen LogP contribution in [0, 0.1) is 6.92 Å². The van der Waals surface area contributed by atoms with Crippen molar-refractivity contribution in [3.05, 3.63) is 51.6 Å². The Morgan fingerprint density at radius 1 is 0.861 bits per heavy atom. The van der Waals surface area contributed by atoms with Crippen LogP contribution in [0.25, 0.3) is 20.4 Å². The lowest BCUT2D eigenvalue weighted by atomic mass is 10.2. The third-order valence-electron chi connectivity index (χ3n) is 5.18. The molecule has 0 aliphatic rings. The molecule has 0 fully saturated rings. The molecular weight excluding hydrogens is 560 g/mol. The van der Waals surface area contributed by atoms with E-state index in [0.29, 0.717) is 32.9 Å². The van der Waals surface area contributed by atoms with Gasteiger partial charge in [-0.2, -0.15) is 13.2 Å². The SMILES string of the molecule is CCn1/c(=N\N=c2\sc3cc(S(=O)(=O)NS(=O)(=O)C(F)(F)F)ccc3n2CC)sc2cc(C)ccc21. The Kier molecular flexibility index (Phi) is 6.93. The molecule has 9 nitrogen and oxygen atoms in total. The molecule has 2 heterocycles. The van der Waals surface area contributed by atoms with Crippen molar-refractivity contribution in [2.45, 2.75) is 44.3 Å². The van der Waals surface area contributed by atoms with E-state index in [1.54, 1.807) is 4.57 Å². The van der Waals surface area contributed by atoms with E-state index in [-0.39, 0.29) is 0 Å². The summed E-state index contributed by atoms with van der Waals surface area (Å²) >= 11 is 2.56. The van der Waals surface area contributed by atoms with Crippen molar-refractivity contribution < 1.29 is 30.0 Å². The van der Waals surface area contributed by atoms with E-state index < -0.39 is 30.5 Å². The van der Waals surface area contributed by atoms with Crippen molar-refractivity contribution in [2.24, 2.45) is 10.2 Å². The number of hydrogen-bond donors (Lipinski definition) is 1. The normalized spacial score (nSPS) is 14.4. The fourth-order valence-electron chi connectivity index (χ4n) is 3.49. The van der Waals surface area contributed by atoms with Crippen molar-refractivity contribution >= 4 is 63.2 Å². The second-order valence-electron chi connectivity index (χ2n) is 7.59. The van der Waals surface area contributed by atoms with Crippen LogP contribution in [0.3, 0.4) is 0 Å². The van der Waals surface area contributed by atoms with E-state index in [1.165, 1.54) is 17.4 Å². The van der Waals surface area contributed by atoms with Crippen molar-refractivity contribution in [2.75, 3.05) is 0 Å². The highest BCUT2D eigenvalue weighted by Crippen LogP contribution is 2.26. The van der Waals surface area contributed by atoms with Crippen molar-refractivity contribution in [3.63, 3.8) is 0 Å². The number of alkyl halides is 3. The fraction of sp³-hybridized carbons (Fsp3) is 0.300. The summed E-state index contributed by atoms with van der Waals surface area (Å²) in [5.74, 6) is 0. The number of nitrogens with one attached hydrogen (secondary N) is 1. The second kappa shape index (κ2) is 9.41. The standard InChI is InChI=1S/C20H20F3N5O4S4/c1-4-27-14-8-6-12(3)10-16(14)33-18(27)24-25-19-28(5-2)15-9-7-13(11-17(15)34-19)35(29,30)26-36(31,32)20(21,22)23/h6-11,26H,4-5H2,1-3H3/b24-18+,25-19+. The summed E-state index contributed by atoms with van der Waals surface area (Å²) in [5.41, 5.74) is -3.05. The first-order valence-corrected chi connectivity index (χ1v) is 15.0. The zero-order valence-electron chi connectivity index (χ0n) is 19.1. The van der Waals surface area contributed by atoms with Crippen LogP contribution in [0.4, 0.5) is 13.2 Å². The molecule has 194 valence electrons. The molecule has 36 heavy (non-hydrogen) atoms. The molecule has 0 spiro atoms. The predicted molar refractivity (Wildman–Crippen MR) is 132 cm³/mol. The first-order chi connectivity index (χ1) is 16.8. The molecule has 0 bridgehead atoms. The summed E-state index contributed by atoms with van der Waals surface area (Å²) in [6, 6.07) is 9.62. The molecule has 4 rings (SSSR count). The minimum atomic E-state index is -6.10. The van der Waals surface area contributed by atoms with Crippen LogP contribution in [-0.4, -0.2) is 31.5 Å². The zero-order chi connectivity index (χ0) is 26.5. The predicted octanol–water partition coefficient (Wildman–Crippen LogP) is 3.61. The van der Waals surface area contributed by atoms with Crippen molar-refractivity contribution in [1.82, 2.24) is 13.3 Å². The zero-order valence-corrected chi connectivity index (χ0v) is 22.3. The Balaban J connectivity index is 1.83. The van der Waals surface area contributed by atoms with Crippen LogP contribution >= 0.6 is 22.7 Å². The molecule has 0 unspecified atom stereocenters. The smallest absolute Gasteiger partial charge is 0.315 e. The van der Waals surface area contributed by atoms with E-state index in [4.69, 9.17) is 0 Å². The van der Waals surface area contributed by atoms with Gasteiger partial charge in [0.25, 0.3) is 10.0 Å². The van der Waals surface area contributed by atoms with Crippen LogP contribution < -0.4 is 13.7 Å². The molecule has 0 radical (unpaired) electrons. The van der Waals surface area contributed by atoms with Gasteiger partial charge in [-0.05, 0) is 56.7 Å². The maximum absolute atomic E-state index is 12.7. The molecule has 0 atom stereocenters. The molecule has 0 aliphatic carbocycles. The van der Waals surface area contributed by atoms with Gasteiger partial charge in [0.2, 0.25) is 9.60 Å². The number of fused-ring (bicyclic) bond motifs is 2. The molecule has 0 saturated heterocycles. The first kappa shape index (κ1) is 26.5. The Bertz CT molecular complexity index is 1830. The Morgan fingerprint density at radius 2 is 1.36 bits per heavy atom. The Morgan fingerprint density at radius 3 is 1.86 bits per heavy atom. The van der Waals surface area contributed by atoms with Gasteiger partial charge in [-0.3, -0.25) is 0 Å². The molecule has 1 N–H and O–H groups in total. The lowest BCUT2D eigenvalue weighted by molar-refractivity contribution is -0.0441. The lowest BCUT2D eigenvalue weighted by Gasteiger charge is -2.10. The molecule has 2 aromatic heterocycles. The van der Waals surface area contributed by atoms with E-state index in [0.717, 1.165) is 43.4 Å². The number of aromatic nitrogens is 2. The summed E-state index contributed by atoms with van der Waals surface area (Å²) in [7, 11) is -11.1. The highest BCUT2D eigenvalue weighted by atomic mass is 32.3. The molecule has 0 aliphatic heterocycles. The van der Waals surface area contributed by atoms with Crippen LogP contribution in [-0.2, 0) is 33.1 Å². The average Bonchev–Trinajstić information content (AvgIpc) is 3.31. The Labute approximate surface area is 212 Å².